The summed E-state index contributed by atoms with van der Waals surface area (Å²) in [6, 6.07) is 0. The second-order valence-electron chi connectivity index (χ2n) is 3.67. The first-order chi connectivity index (χ1) is 9.40. The largest absolute Gasteiger partial charge is 0.490 e. The molecule has 11 heteroatoms. The number of aryl methyl sites for hydroxylation is 1. The van der Waals surface area contributed by atoms with Gasteiger partial charge < -0.3 is 9.67 Å². The quantitative estimate of drug-likeness (QED) is 0.815. The molecule has 1 rings (SSSR count). The van der Waals surface area contributed by atoms with Crippen LogP contribution in [0.2, 0.25) is 0 Å². The molecule has 0 aliphatic carbocycles. The van der Waals surface area contributed by atoms with Crippen molar-refractivity contribution in [2.24, 2.45) is 7.05 Å². The average molecular weight is 334 g/mol. The summed E-state index contributed by atoms with van der Waals surface area (Å²) in [5, 5.41) is 7.12. The minimum absolute atomic E-state index is 0.108. The van der Waals surface area contributed by atoms with Crippen molar-refractivity contribution in [3.63, 3.8) is 0 Å². The lowest BCUT2D eigenvalue weighted by atomic mass is 10.4. The molecule has 7 nitrogen and oxygen atoms in total. The molecular formula is C10H17F3N2O5S. The first-order valence-corrected chi connectivity index (χ1v) is 7.18. The smallest absolute Gasteiger partial charge is 0.475 e. The van der Waals surface area contributed by atoms with E-state index < -0.39 is 22.3 Å². The van der Waals surface area contributed by atoms with Crippen LogP contribution in [0.25, 0.3) is 0 Å². The summed E-state index contributed by atoms with van der Waals surface area (Å²) in [6.07, 6.45) is 1.64. The number of carboxylic acid groups (broad SMARTS) is 1. The number of nitrogens with zero attached hydrogens (tertiary/aromatic N) is 2. The fraction of sp³-hybridized carbons (Fsp3) is 0.600. The molecule has 21 heavy (non-hydrogen) atoms. The number of carboxylic acids is 1. The number of halogens is 3. The molecule has 1 heterocycles. The van der Waals surface area contributed by atoms with E-state index in [0.717, 1.165) is 6.42 Å². The molecule has 0 bridgehead atoms. The van der Waals surface area contributed by atoms with Gasteiger partial charge in [0.05, 0.1) is 12.1 Å². The van der Waals surface area contributed by atoms with E-state index in [9.17, 15) is 21.6 Å². The van der Waals surface area contributed by atoms with E-state index in [1.54, 1.807) is 12.5 Å². The van der Waals surface area contributed by atoms with Crippen molar-refractivity contribution in [1.82, 2.24) is 9.55 Å². The molecule has 0 amide bonds. The molecule has 0 aromatic carbocycles. The van der Waals surface area contributed by atoms with Gasteiger partial charge in [-0.3, -0.25) is 4.55 Å². The molecule has 0 unspecified atom stereocenters. The highest BCUT2D eigenvalue weighted by atomic mass is 32.2. The van der Waals surface area contributed by atoms with Gasteiger partial charge in [-0.15, -0.1) is 0 Å². The summed E-state index contributed by atoms with van der Waals surface area (Å²) in [4.78, 5) is 12.7. The highest BCUT2D eigenvalue weighted by Crippen LogP contribution is 2.13. The normalized spacial score (nSPS) is 10.8. The third-order valence-electron chi connectivity index (χ3n) is 1.64. The number of imidazole rings is 1. The van der Waals surface area contributed by atoms with Crippen molar-refractivity contribution in [3.05, 3.63) is 18.7 Å². The third kappa shape index (κ3) is 18.4. The minimum Gasteiger partial charge on any atom is -0.475 e. The van der Waals surface area contributed by atoms with Crippen molar-refractivity contribution < 1.29 is 36.0 Å². The van der Waals surface area contributed by atoms with Crippen LogP contribution in [0.3, 0.4) is 0 Å². The average Bonchev–Trinajstić information content (AvgIpc) is 2.77. The Morgan fingerprint density at radius 1 is 1.38 bits per heavy atom. The van der Waals surface area contributed by atoms with Crippen molar-refractivity contribution in [1.29, 1.82) is 0 Å². The zero-order chi connectivity index (χ0) is 17.1. The van der Waals surface area contributed by atoms with E-state index in [2.05, 4.69) is 4.98 Å². The molecule has 2 N–H and O–H groups in total. The number of carbonyl (C=O) groups is 1. The summed E-state index contributed by atoms with van der Waals surface area (Å²) in [7, 11) is -1.75. The maximum Gasteiger partial charge on any atom is 0.490 e. The number of hydrogen-bond acceptors (Lipinski definition) is 4. The number of rotatable bonds is 3. The van der Waals surface area contributed by atoms with Crippen LogP contribution in [0.4, 0.5) is 13.2 Å². The molecule has 0 spiro atoms. The van der Waals surface area contributed by atoms with E-state index in [1.807, 2.05) is 24.7 Å². The second kappa shape index (κ2) is 10.2. The monoisotopic (exact) mass is 334 g/mol. The van der Waals surface area contributed by atoms with Crippen molar-refractivity contribution >= 4 is 16.1 Å². The first-order valence-electron chi connectivity index (χ1n) is 5.57. The molecule has 0 aliphatic rings. The molecule has 124 valence electrons. The number of alkyl halides is 3. The fourth-order valence-electron chi connectivity index (χ4n) is 0.653. The fourth-order valence-corrected chi connectivity index (χ4v) is 1.31. The predicted octanol–water partition coefficient (Wildman–Crippen LogP) is 1.73. The Hall–Kier alpha value is -1.62. The molecule has 0 fully saturated rings. The molecule has 0 aliphatic heterocycles. The molecule has 1 aromatic heterocycles. The Morgan fingerprint density at radius 3 is 1.95 bits per heavy atom. The maximum atomic E-state index is 10.6. The zero-order valence-electron chi connectivity index (χ0n) is 11.4. The van der Waals surface area contributed by atoms with E-state index in [1.165, 1.54) is 0 Å². The topological polar surface area (TPSA) is 109 Å². The number of aliphatic carboxylic acids is 1. The summed E-state index contributed by atoms with van der Waals surface area (Å²) >= 11 is 0. The van der Waals surface area contributed by atoms with Crippen LogP contribution in [-0.2, 0) is 22.0 Å². The van der Waals surface area contributed by atoms with Gasteiger partial charge in [0.2, 0.25) is 0 Å². The predicted molar refractivity (Wildman–Crippen MR) is 68.2 cm³/mol. The van der Waals surface area contributed by atoms with Gasteiger partial charge in [0.1, 0.15) is 0 Å². The molecule has 0 saturated carbocycles. The van der Waals surface area contributed by atoms with Gasteiger partial charge in [0, 0.05) is 19.4 Å². The standard InChI is InChI=1S/C4H6N2.C4H10O3S.C2HF3O2/c1-6-3-2-5-4-6;1-2-3-4-8(5,6)7;3-2(4,5)1(6)7/h2-4H,1H3;2-4H2,1H3,(H,5,6,7);(H,6,7). The molecular weight excluding hydrogens is 317 g/mol. The van der Waals surface area contributed by atoms with Crippen molar-refractivity contribution in [3.8, 4) is 0 Å². The van der Waals surface area contributed by atoms with E-state index in [4.69, 9.17) is 14.5 Å². The van der Waals surface area contributed by atoms with E-state index in [0.29, 0.717) is 6.42 Å². The van der Waals surface area contributed by atoms with Crippen LogP contribution >= 0.6 is 0 Å². The second-order valence-corrected chi connectivity index (χ2v) is 5.24. The first kappa shape index (κ1) is 21.7. The molecule has 0 atom stereocenters. The Balaban J connectivity index is 0. The summed E-state index contributed by atoms with van der Waals surface area (Å²) in [5.74, 6) is -2.86. The number of unbranched alkanes of at least 4 members (excludes halogenated alkanes) is 1. The highest BCUT2D eigenvalue weighted by Gasteiger charge is 2.38. The van der Waals surface area contributed by atoms with Gasteiger partial charge in [0.25, 0.3) is 10.1 Å². The van der Waals surface area contributed by atoms with Gasteiger partial charge in [-0.05, 0) is 6.42 Å². The van der Waals surface area contributed by atoms with Crippen molar-refractivity contribution in [2.45, 2.75) is 25.9 Å². The summed E-state index contributed by atoms with van der Waals surface area (Å²) < 4.78 is 61.6. The summed E-state index contributed by atoms with van der Waals surface area (Å²) in [5.41, 5.74) is 0. The zero-order valence-corrected chi connectivity index (χ0v) is 12.2. The number of hydrogen-bond donors (Lipinski definition) is 2. The van der Waals surface area contributed by atoms with Gasteiger partial charge >= 0.3 is 12.1 Å². The lowest BCUT2D eigenvalue weighted by molar-refractivity contribution is -0.192. The SMILES string of the molecule is CCCCS(=O)(=O)O.Cn1ccnc1.O=C(O)C(F)(F)F. The third-order valence-corrected chi connectivity index (χ3v) is 2.44. The number of aromatic nitrogens is 2. The van der Waals surface area contributed by atoms with Crippen LogP contribution in [0.15, 0.2) is 18.7 Å². The Morgan fingerprint density at radius 2 is 1.86 bits per heavy atom. The lowest BCUT2D eigenvalue weighted by Gasteiger charge is -1.93. The Bertz CT molecular complexity index is 485. The van der Waals surface area contributed by atoms with Crippen LogP contribution in [-0.4, -0.2) is 45.5 Å². The Labute approximate surface area is 120 Å². The summed E-state index contributed by atoms with van der Waals surface area (Å²) in [6.45, 7) is 1.87. The van der Waals surface area contributed by atoms with Crippen LogP contribution in [0, 0.1) is 0 Å². The van der Waals surface area contributed by atoms with Crippen LogP contribution in [0.5, 0.6) is 0 Å². The van der Waals surface area contributed by atoms with Gasteiger partial charge in [-0.2, -0.15) is 21.6 Å². The van der Waals surface area contributed by atoms with Gasteiger partial charge in [0.15, 0.2) is 0 Å². The molecule has 0 radical (unpaired) electrons. The highest BCUT2D eigenvalue weighted by molar-refractivity contribution is 7.85. The molecule has 1 aromatic rings. The Kier molecular flexibility index (Phi) is 10.5. The van der Waals surface area contributed by atoms with Gasteiger partial charge in [-0.25, -0.2) is 9.78 Å². The maximum absolute atomic E-state index is 10.6. The van der Waals surface area contributed by atoms with E-state index in [-0.39, 0.29) is 5.75 Å². The van der Waals surface area contributed by atoms with E-state index >= 15 is 0 Å². The lowest BCUT2D eigenvalue weighted by Crippen LogP contribution is -2.21. The van der Waals surface area contributed by atoms with Crippen LogP contribution in [0.1, 0.15) is 19.8 Å². The van der Waals surface area contributed by atoms with Crippen molar-refractivity contribution in [2.75, 3.05) is 5.75 Å². The van der Waals surface area contributed by atoms with Crippen LogP contribution < -0.4 is 0 Å². The van der Waals surface area contributed by atoms with Gasteiger partial charge in [-0.1, -0.05) is 13.3 Å². The minimum atomic E-state index is -5.08. The molecule has 0 saturated heterocycles.